The van der Waals surface area contributed by atoms with Crippen molar-refractivity contribution in [3.63, 3.8) is 0 Å². The van der Waals surface area contributed by atoms with Crippen molar-refractivity contribution in [1.82, 2.24) is 5.32 Å². The molecule has 0 saturated heterocycles. The lowest BCUT2D eigenvalue weighted by atomic mass is 10.1. The standard InChI is InChI=1S/C22H20N2O5/c1-14(17-7-5-4-6-8-17)24-22(27)18(12-23)9-16-10-19(13-25)21(29-15(2)26)20(11-16)28-3/h4-11,13-14H,1-3H3,(H,24,27)/b18-9+/t14-/m0/s1. The third-order valence-electron chi connectivity index (χ3n) is 4.02. The molecule has 1 N–H and O–H groups in total. The maximum absolute atomic E-state index is 12.5. The van der Waals surface area contributed by atoms with E-state index in [0.717, 1.165) is 5.56 Å². The van der Waals surface area contributed by atoms with E-state index in [2.05, 4.69) is 5.32 Å². The van der Waals surface area contributed by atoms with Gasteiger partial charge >= 0.3 is 5.97 Å². The summed E-state index contributed by atoms with van der Waals surface area (Å²) in [6.45, 7) is 3.01. The molecule has 0 heterocycles. The van der Waals surface area contributed by atoms with E-state index in [1.54, 1.807) is 0 Å². The predicted molar refractivity (Wildman–Crippen MR) is 106 cm³/mol. The van der Waals surface area contributed by atoms with Gasteiger partial charge in [0.15, 0.2) is 17.8 Å². The van der Waals surface area contributed by atoms with Gasteiger partial charge in [-0.2, -0.15) is 5.26 Å². The normalized spacial score (nSPS) is 11.7. The summed E-state index contributed by atoms with van der Waals surface area (Å²) in [7, 11) is 1.35. The number of amides is 1. The fourth-order valence-electron chi connectivity index (χ4n) is 2.64. The van der Waals surface area contributed by atoms with Crippen LogP contribution >= 0.6 is 0 Å². The summed E-state index contributed by atoms with van der Waals surface area (Å²) in [5, 5.41) is 12.2. The summed E-state index contributed by atoms with van der Waals surface area (Å²) >= 11 is 0. The van der Waals surface area contributed by atoms with Crippen molar-refractivity contribution in [2.45, 2.75) is 19.9 Å². The van der Waals surface area contributed by atoms with E-state index in [9.17, 15) is 19.6 Å². The summed E-state index contributed by atoms with van der Waals surface area (Å²) in [6, 6.07) is 13.8. The van der Waals surface area contributed by atoms with Crippen LogP contribution in [0.3, 0.4) is 0 Å². The van der Waals surface area contributed by atoms with Gasteiger partial charge in [0.1, 0.15) is 11.6 Å². The maximum atomic E-state index is 12.5. The van der Waals surface area contributed by atoms with E-state index in [1.165, 1.54) is 32.2 Å². The number of aldehydes is 1. The van der Waals surface area contributed by atoms with E-state index in [1.807, 2.05) is 43.3 Å². The molecule has 1 atom stereocenters. The molecule has 0 saturated carbocycles. The van der Waals surface area contributed by atoms with Crippen LogP contribution in [0.2, 0.25) is 0 Å². The van der Waals surface area contributed by atoms with Gasteiger partial charge in [0.05, 0.1) is 18.7 Å². The number of nitrogens with one attached hydrogen (secondary N) is 1. The summed E-state index contributed by atoms with van der Waals surface area (Å²) in [5.41, 5.74) is 1.18. The van der Waals surface area contributed by atoms with Crippen molar-refractivity contribution in [1.29, 1.82) is 5.26 Å². The zero-order valence-electron chi connectivity index (χ0n) is 16.3. The molecule has 0 unspecified atom stereocenters. The van der Waals surface area contributed by atoms with Crippen LogP contribution in [0.5, 0.6) is 11.5 Å². The number of hydrogen-bond donors (Lipinski definition) is 1. The molecule has 0 aliphatic carbocycles. The van der Waals surface area contributed by atoms with Crippen LogP contribution in [0, 0.1) is 11.3 Å². The minimum absolute atomic E-state index is 0.0205. The molecule has 0 aromatic heterocycles. The summed E-state index contributed by atoms with van der Waals surface area (Å²) in [4.78, 5) is 35.2. The smallest absolute Gasteiger partial charge is 0.308 e. The molecule has 7 heteroatoms. The van der Waals surface area contributed by atoms with Gasteiger partial charge < -0.3 is 14.8 Å². The molecule has 0 radical (unpaired) electrons. The van der Waals surface area contributed by atoms with Crippen molar-refractivity contribution in [3.05, 3.63) is 64.7 Å². The Morgan fingerprint density at radius 1 is 1.21 bits per heavy atom. The van der Waals surface area contributed by atoms with Crippen LogP contribution < -0.4 is 14.8 Å². The number of methoxy groups -OCH3 is 1. The number of carbonyl (C=O) groups excluding carboxylic acids is 3. The third kappa shape index (κ3) is 5.53. The van der Waals surface area contributed by atoms with Crippen LogP contribution in [-0.4, -0.2) is 25.3 Å². The van der Waals surface area contributed by atoms with Gasteiger partial charge in [-0.1, -0.05) is 30.3 Å². The van der Waals surface area contributed by atoms with Crippen molar-refractivity contribution >= 4 is 24.2 Å². The first-order valence-electron chi connectivity index (χ1n) is 8.72. The Morgan fingerprint density at radius 2 is 1.90 bits per heavy atom. The minimum Gasteiger partial charge on any atom is -0.493 e. The lowest BCUT2D eigenvalue weighted by Crippen LogP contribution is -2.27. The molecule has 0 spiro atoms. The zero-order valence-corrected chi connectivity index (χ0v) is 16.3. The molecule has 1 amide bonds. The number of hydrogen-bond acceptors (Lipinski definition) is 6. The SMILES string of the molecule is COc1cc(/C=C(\C#N)C(=O)N[C@@H](C)c2ccccc2)cc(C=O)c1OC(C)=O. The zero-order chi connectivity index (χ0) is 21.4. The summed E-state index contributed by atoms with van der Waals surface area (Å²) in [5.74, 6) is -1.06. The molecule has 0 aliphatic heterocycles. The van der Waals surface area contributed by atoms with Gasteiger partial charge in [-0.15, -0.1) is 0 Å². The first-order valence-corrected chi connectivity index (χ1v) is 8.72. The Labute approximate surface area is 168 Å². The number of ether oxygens (including phenoxy) is 2. The van der Waals surface area contributed by atoms with Gasteiger partial charge in [-0.05, 0) is 36.3 Å². The average Bonchev–Trinajstić information content (AvgIpc) is 2.72. The first kappa shape index (κ1) is 21.4. The molecule has 7 nitrogen and oxygen atoms in total. The summed E-state index contributed by atoms with van der Waals surface area (Å²) < 4.78 is 10.2. The van der Waals surface area contributed by atoms with Crippen molar-refractivity contribution < 1.29 is 23.9 Å². The van der Waals surface area contributed by atoms with Crippen LogP contribution in [0.25, 0.3) is 6.08 Å². The Hall–Kier alpha value is -3.92. The quantitative estimate of drug-likeness (QED) is 0.255. The number of nitriles is 1. The largest absolute Gasteiger partial charge is 0.493 e. The molecular formula is C22H20N2O5. The van der Waals surface area contributed by atoms with Crippen LogP contribution in [-0.2, 0) is 9.59 Å². The molecule has 2 rings (SSSR count). The summed E-state index contributed by atoms with van der Waals surface area (Å²) in [6.07, 6.45) is 1.84. The highest BCUT2D eigenvalue weighted by atomic mass is 16.6. The van der Waals surface area contributed by atoms with Crippen molar-refractivity contribution in [2.24, 2.45) is 0 Å². The van der Waals surface area contributed by atoms with E-state index in [0.29, 0.717) is 11.8 Å². The molecule has 2 aromatic carbocycles. The maximum Gasteiger partial charge on any atom is 0.308 e. The molecule has 0 bridgehead atoms. The van der Waals surface area contributed by atoms with Gasteiger partial charge in [0.25, 0.3) is 5.91 Å². The van der Waals surface area contributed by atoms with Gasteiger partial charge in [0, 0.05) is 6.92 Å². The van der Waals surface area contributed by atoms with Gasteiger partial charge in [0.2, 0.25) is 0 Å². The lowest BCUT2D eigenvalue weighted by molar-refractivity contribution is -0.132. The number of carbonyl (C=O) groups is 3. The highest BCUT2D eigenvalue weighted by Crippen LogP contribution is 2.33. The highest BCUT2D eigenvalue weighted by Gasteiger charge is 2.17. The number of rotatable bonds is 7. The highest BCUT2D eigenvalue weighted by molar-refractivity contribution is 6.02. The molecule has 0 fully saturated rings. The topological polar surface area (TPSA) is 105 Å². The second kappa shape index (κ2) is 9.85. The predicted octanol–water partition coefficient (Wildman–Crippen LogP) is 3.22. The Balaban J connectivity index is 2.34. The van der Waals surface area contributed by atoms with E-state index < -0.39 is 11.9 Å². The molecule has 148 valence electrons. The molecular weight excluding hydrogens is 372 g/mol. The van der Waals surface area contributed by atoms with E-state index in [-0.39, 0.29) is 28.7 Å². The Bertz CT molecular complexity index is 990. The van der Waals surface area contributed by atoms with E-state index >= 15 is 0 Å². The molecule has 0 aliphatic rings. The van der Waals surface area contributed by atoms with Gasteiger partial charge in [-0.3, -0.25) is 14.4 Å². The van der Waals surface area contributed by atoms with Crippen molar-refractivity contribution in [3.8, 4) is 17.6 Å². The van der Waals surface area contributed by atoms with Crippen LogP contribution in [0.4, 0.5) is 0 Å². The second-order valence-corrected chi connectivity index (χ2v) is 6.13. The Kier molecular flexibility index (Phi) is 7.26. The van der Waals surface area contributed by atoms with E-state index in [4.69, 9.17) is 9.47 Å². The monoisotopic (exact) mass is 392 g/mol. The van der Waals surface area contributed by atoms with Gasteiger partial charge in [-0.25, -0.2) is 0 Å². The molecule has 29 heavy (non-hydrogen) atoms. The third-order valence-corrected chi connectivity index (χ3v) is 4.02. The van der Waals surface area contributed by atoms with Crippen LogP contribution in [0.15, 0.2) is 48.0 Å². The Morgan fingerprint density at radius 3 is 2.45 bits per heavy atom. The second-order valence-electron chi connectivity index (χ2n) is 6.13. The first-order chi connectivity index (χ1) is 13.9. The number of benzene rings is 2. The fourth-order valence-corrected chi connectivity index (χ4v) is 2.64. The van der Waals surface area contributed by atoms with Crippen LogP contribution in [0.1, 0.15) is 41.4 Å². The average molecular weight is 392 g/mol. The lowest BCUT2D eigenvalue weighted by Gasteiger charge is -2.14. The molecule has 2 aromatic rings. The number of nitrogens with zero attached hydrogens (tertiary/aromatic N) is 1. The fraction of sp³-hybridized carbons (Fsp3) is 0.182. The minimum atomic E-state index is -0.610. The number of esters is 1. The van der Waals surface area contributed by atoms with Crippen molar-refractivity contribution in [2.75, 3.05) is 7.11 Å².